The van der Waals surface area contributed by atoms with E-state index in [-0.39, 0.29) is 29.1 Å². The second kappa shape index (κ2) is 10.5. The molecule has 1 unspecified atom stereocenters. The van der Waals surface area contributed by atoms with Crippen LogP contribution in [0.25, 0.3) is 0 Å². The average molecular weight is 388 g/mol. The summed E-state index contributed by atoms with van der Waals surface area (Å²) in [6.07, 6.45) is -1.00. The Kier molecular flexibility index (Phi) is 8.70. The van der Waals surface area contributed by atoms with Gasteiger partial charge in [-0.3, -0.25) is 0 Å². The van der Waals surface area contributed by atoms with E-state index in [1.165, 1.54) is 6.92 Å². The summed E-state index contributed by atoms with van der Waals surface area (Å²) in [5, 5.41) is 35.6. The number of aliphatic hydroxyl groups excluding tert-OH is 2. The van der Waals surface area contributed by atoms with Crippen molar-refractivity contribution >= 4 is 5.97 Å². The van der Waals surface area contributed by atoms with Crippen molar-refractivity contribution in [1.82, 2.24) is 0 Å². The minimum absolute atomic E-state index is 0.151. The van der Waals surface area contributed by atoms with Crippen LogP contribution in [0.15, 0.2) is 60.7 Å². The topological polar surface area (TPSA) is 107 Å². The van der Waals surface area contributed by atoms with Crippen molar-refractivity contribution in [2.45, 2.75) is 32.3 Å². The van der Waals surface area contributed by atoms with Crippen molar-refractivity contribution in [2.75, 3.05) is 13.2 Å². The molecule has 0 bridgehead atoms. The minimum atomic E-state index is -1.00. The number of aliphatic hydroxyl groups is 2. The van der Waals surface area contributed by atoms with Crippen LogP contribution < -0.4 is 0 Å². The van der Waals surface area contributed by atoms with Gasteiger partial charge in [0.2, 0.25) is 0 Å². The van der Waals surface area contributed by atoms with E-state index >= 15 is 0 Å². The number of phenols is 2. The second-order valence-corrected chi connectivity index (χ2v) is 6.93. The van der Waals surface area contributed by atoms with E-state index in [9.17, 15) is 15.0 Å². The Morgan fingerprint density at radius 1 is 1.00 bits per heavy atom. The number of hydrogen-bond donors (Lipinski definition) is 4. The van der Waals surface area contributed by atoms with E-state index < -0.39 is 18.7 Å². The van der Waals surface area contributed by atoms with Gasteiger partial charge in [0.1, 0.15) is 24.2 Å². The van der Waals surface area contributed by atoms with Crippen LogP contribution in [-0.4, -0.2) is 45.7 Å². The third-order valence-corrected chi connectivity index (χ3v) is 4.14. The largest absolute Gasteiger partial charge is 0.508 e. The Labute approximate surface area is 165 Å². The van der Waals surface area contributed by atoms with E-state index in [1.807, 2.05) is 24.3 Å². The van der Waals surface area contributed by atoms with E-state index in [2.05, 4.69) is 25.2 Å². The third kappa shape index (κ3) is 7.06. The Balaban J connectivity index is 0.000000311. The molecule has 2 rings (SSSR count). The lowest BCUT2D eigenvalue weighted by atomic mass is 9.78. The Bertz CT molecular complexity index is 715. The molecule has 0 aliphatic rings. The van der Waals surface area contributed by atoms with Crippen molar-refractivity contribution in [3.05, 3.63) is 71.8 Å². The maximum atomic E-state index is 10.6. The van der Waals surface area contributed by atoms with Gasteiger partial charge in [-0.15, -0.1) is 0 Å². The monoisotopic (exact) mass is 388 g/mol. The summed E-state index contributed by atoms with van der Waals surface area (Å²) < 4.78 is 4.51. The van der Waals surface area contributed by atoms with Gasteiger partial charge in [0.15, 0.2) is 0 Å². The predicted octanol–water partition coefficient (Wildman–Crippen LogP) is 2.88. The van der Waals surface area contributed by atoms with Gasteiger partial charge >= 0.3 is 5.97 Å². The Hall–Kier alpha value is -2.83. The lowest BCUT2D eigenvalue weighted by Crippen LogP contribution is -2.22. The predicted molar refractivity (Wildman–Crippen MR) is 107 cm³/mol. The number of rotatable bonds is 6. The number of carbonyl (C=O) groups excluding carboxylic acids is 1. The first-order valence-corrected chi connectivity index (χ1v) is 8.78. The molecule has 6 heteroatoms. The molecule has 0 spiro atoms. The maximum Gasteiger partial charge on any atom is 0.333 e. The first kappa shape index (κ1) is 23.2. The SMILES string of the molecule is C=C(C)C(=O)OCC(O)CO.CC(C)(c1ccc(O)cc1)c1ccc(O)cc1. The summed E-state index contributed by atoms with van der Waals surface area (Å²) in [6, 6.07) is 14.4. The summed E-state index contributed by atoms with van der Waals surface area (Å²) in [6.45, 7) is 8.48. The molecule has 0 aromatic heterocycles. The second-order valence-electron chi connectivity index (χ2n) is 6.93. The zero-order chi connectivity index (χ0) is 21.3. The highest BCUT2D eigenvalue weighted by Gasteiger charge is 2.22. The normalized spacial score (nSPS) is 11.8. The van der Waals surface area contributed by atoms with Crippen LogP contribution in [0.5, 0.6) is 11.5 Å². The summed E-state index contributed by atoms with van der Waals surface area (Å²) in [7, 11) is 0. The third-order valence-electron chi connectivity index (χ3n) is 4.14. The number of carbonyl (C=O) groups is 1. The van der Waals surface area contributed by atoms with E-state index in [0.29, 0.717) is 0 Å². The standard InChI is InChI=1S/C15H16O2.C7H12O4/c1-15(2,11-3-7-13(16)8-4-11)12-5-9-14(17)10-6-12;1-5(2)7(10)11-4-6(9)3-8/h3-10,16-17H,1-2H3;6,8-9H,1,3-4H2,2H3. The number of phenolic OH excluding ortho intramolecular Hbond substituents is 2. The van der Waals surface area contributed by atoms with Crippen molar-refractivity contribution in [2.24, 2.45) is 0 Å². The number of aromatic hydroxyl groups is 2. The maximum absolute atomic E-state index is 10.6. The number of benzene rings is 2. The molecule has 2 aromatic carbocycles. The molecule has 4 N–H and O–H groups in total. The lowest BCUT2D eigenvalue weighted by molar-refractivity contribution is -0.142. The fourth-order valence-corrected chi connectivity index (χ4v) is 2.27. The van der Waals surface area contributed by atoms with Crippen LogP contribution in [0.3, 0.4) is 0 Å². The van der Waals surface area contributed by atoms with Crippen molar-refractivity contribution < 1.29 is 30.0 Å². The lowest BCUT2D eigenvalue weighted by Gasteiger charge is -2.26. The van der Waals surface area contributed by atoms with Crippen LogP contribution in [0.4, 0.5) is 0 Å². The van der Waals surface area contributed by atoms with Crippen LogP contribution in [0.2, 0.25) is 0 Å². The zero-order valence-electron chi connectivity index (χ0n) is 16.4. The molecule has 0 saturated heterocycles. The van der Waals surface area contributed by atoms with Gasteiger partial charge in [0, 0.05) is 11.0 Å². The summed E-state index contributed by atoms with van der Waals surface area (Å²) in [5.41, 5.74) is 2.37. The summed E-state index contributed by atoms with van der Waals surface area (Å²) >= 11 is 0. The fourth-order valence-electron chi connectivity index (χ4n) is 2.27. The van der Waals surface area contributed by atoms with Gasteiger partial charge in [-0.2, -0.15) is 0 Å². The fraction of sp³-hybridized carbons (Fsp3) is 0.318. The molecule has 0 radical (unpaired) electrons. The highest BCUT2D eigenvalue weighted by Crippen LogP contribution is 2.32. The molecule has 0 heterocycles. The molecule has 0 saturated carbocycles. The molecule has 0 fully saturated rings. The van der Waals surface area contributed by atoms with E-state index in [4.69, 9.17) is 10.2 Å². The minimum Gasteiger partial charge on any atom is -0.508 e. The van der Waals surface area contributed by atoms with E-state index in [0.717, 1.165) is 11.1 Å². The van der Waals surface area contributed by atoms with Crippen LogP contribution in [-0.2, 0) is 14.9 Å². The van der Waals surface area contributed by atoms with Crippen molar-refractivity contribution in [1.29, 1.82) is 0 Å². The van der Waals surface area contributed by atoms with Gasteiger partial charge in [-0.05, 0) is 42.3 Å². The first-order valence-electron chi connectivity index (χ1n) is 8.78. The first-order chi connectivity index (χ1) is 13.1. The van der Waals surface area contributed by atoms with Crippen LogP contribution in [0, 0.1) is 0 Å². The molecular weight excluding hydrogens is 360 g/mol. The zero-order valence-corrected chi connectivity index (χ0v) is 16.4. The Morgan fingerprint density at radius 3 is 1.71 bits per heavy atom. The molecule has 152 valence electrons. The smallest absolute Gasteiger partial charge is 0.333 e. The molecule has 0 aliphatic carbocycles. The average Bonchev–Trinajstić information content (AvgIpc) is 2.66. The Morgan fingerprint density at radius 2 is 1.39 bits per heavy atom. The van der Waals surface area contributed by atoms with Crippen molar-refractivity contribution in [3.8, 4) is 11.5 Å². The van der Waals surface area contributed by atoms with Gasteiger partial charge in [0.25, 0.3) is 0 Å². The molecular formula is C22H28O6. The quantitative estimate of drug-likeness (QED) is 0.448. The van der Waals surface area contributed by atoms with E-state index in [1.54, 1.807) is 24.3 Å². The summed E-state index contributed by atoms with van der Waals surface area (Å²) in [4.78, 5) is 10.6. The molecule has 2 aromatic rings. The highest BCUT2D eigenvalue weighted by molar-refractivity contribution is 5.86. The highest BCUT2D eigenvalue weighted by atomic mass is 16.5. The number of esters is 1. The van der Waals surface area contributed by atoms with Gasteiger partial charge in [0.05, 0.1) is 6.61 Å². The van der Waals surface area contributed by atoms with Crippen molar-refractivity contribution in [3.63, 3.8) is 0 Å². The van der Waals surface area contributed by atoms with Gasteiger partial charge < -0.3 is 25.2 Å². The number of hydrogen-bond acceptors (Lipinski definition) is 6. The van der Waals surface area contributed by atoms with Crippen LogP contribution in [0.1, 0.15) is 31.9 Å². The number of ether oxygens (including phenoxy) is 1. The summed E-state index contributed by atoms with van der Waals surface area (Å²) in [5.74, 6) is -0.0111. The molecule has 0 amide bonds. The molecule has 0 aliphatic heterocycles. The molecule has 28 heavy (non-hydrogen) atoms. The van der Waals surface area contributed by atoms with Gasteiger partial charge in [-0.1, -0.05) is 44.7 Å². The van der Waals surface area contributed by atoms with Gasteiger partial charge in [-0.25, -0.2) is 4.79 Å². The molecule has 1 atom stereocenters. The van der Waals surface area contributed by atoms with Crippen LogP contribution >= 0.6 is 0 Å². The molecule has 6 nitrogen and oxygen atoms in total.